The number of amides is 1. The Kier molecular flexibility index (Phi) is 6.53. The zero-order valence-corrected chi connectivity index (χ0v) is 17.8. The van der Waals surface area contributed by atoms with Crippen LogP contribution in [0.4, 0.5) is 18.9 Å². The van der Waals surface area contributed by atoms with Gasteiger partial charge in [-0.05, 0) is 37.9 Å². The number of carbonyl (C=O) groups excluding carboxylic acids is 1. The number of carbonyl (C=O) groups is 1. The lowest BCUT2D eigenvalue weighted by molar-refractivity contribution is -0.137. The van der Waals surface area contributed by atoms with Gasteiger partial charge in [0.1, 0.15) is 0 Å². The molecule has 2 aliphatic rings. The molecule has 8 heteroatoms. The highest BCUT2D eigenvalue weighted by molar-refractivity contribution is 7.17. The zero-order chi connectivity index (χ0) is 21.1. The van der Waals surface area contributed by atoms with Gasteiger partial charge in [0.15, 0.2) is 0 Å². The molecule has 1 aliphatic heterocycles. The Labute approximate surface area is 179 Å². The van der Waals surface area contributed by atoms with Gasteiger partial charge in [-0.15, -0.1) is 11.3 Å². The monoisotopic (exact) mass is 439 g/mol. The van der Waals surface area contributed by atoms with Crippen molar-refractivity contribution in [1.82, 2.24) is 10.2 Å². The van der Waals surface area contributed by atoms with E-state index in [1.165, 1.54) is 36.3 Å². The molecule has 0 atom stereocenters. The number of rotatable bonds is 6. The van der Waals surface area contributed by atoms with Crippen molar-refractivity contribution >= 4 is 33.0 Å². The van der Waals surface area contributed by atoms with Crippen molar-refractivity contribution < 1.29 is 18.0 Å². The Morgan fingerprint density at radius 2 is 1.87 bits per heavy atom. The van der Waals surface area contributed by atoms with Crippen LogP contribution in [0.25, 0.3) is 10.1 Å². The largest absolute Gasteiger partial charge is 0.416 e. The molecule has 0 radical (unpaired) electrons. The van der Waals surface area contributed by atoms with Crippen molar-refractivity contribution in [3.8, 4) is 0 Å². The summed E-state index contributed by atoms with van der Waals surface area (Å²) in [6.45, 7) is 4.41. The molecule has 1 aromatic carbocycles. The average molecular weight is 440 g/mol. The Bertz CT molecular complexity index is 868. The molecule has 2 fully saturated rings. The summed E-state index contributed by atoms with van der Waals surface area (Å²) in [5.74, 6) is 0.170. The minimum absolute atomic E-state index is 0.170. The summed E-state index contributed by atoms with van der Waals surface area (Å²) in [5, 5.41) is 6.00. The van der Waals surface area contributed by atoms with Crippen LogP contribution < -0.4 is 10.2 Å². The molecule has 1 amide bonds. The number of thiophene rings is 1. The van der Waals surface area contributed by atoms with E-state index in [1.807, 2.05) is 5.38 Å². The molecule has 164 valence electrons. The van der Waals surface area contributed by atoms with E-state index in [4.69, 9.17) is 0 Å². The first-order valence-electron chi connectivity index (χ1n) is 10.8. The van der Waals surface area contributed by atoms with Gasteiger partial charge in [0.25, 0.3) is 0 Å². The molecular weight excluding hydrogens is 411 g/mol. The van der Waals surface area contributed by atoms with Crippen molar-refractivity contribution in [3.63, 3.8) is 0 Å². The minimum atomic E-state index is -4.31. The van der Waals surface area contributed by atoms with Crippen LogP contribution in [0.2, 0.25) is 0 Å². The second kappa shape index (κ2) is 9.14. The number of halogens is 3. The molecule has 1 saturated heterocycles. The summed E-state index contributed by atoms with van der Waals surface area (Å²) in [6.07, 6.45) is 1.80. The van der Waals surface area contributed by atoms with Crippen LogP contribution in [-0.4, -0.2) is 49.6 Å². The third-order valence-electron chi connectivity index (χ3n) is 6.19. The van der Waals surface area contributed by atoms with E-state index in [1.54, 1.807) is 6.07 Å². The van der Waals surface area contributed by atoms with Gasteiger partial charge in [0.05, 0.1) is 11.3 Å². The summed E-state index contributed by atoms with van der Waals surface area (Å²) in [4.78, 5) is 16.7. The van der Waals surface area contributed by atoms with Crippen LogP contribution in [0, 0.1) is 0 Å². The Hall–Kier alpha value is -1.80. The molecule has 0 unspecified atom stereocenters. The van der Waals surface area contributed by atoms with Crippen LogP contribution in [-0.2, 0) is 11.0 Å². The fourth-order valence-electron chi connectivity index (χ4n) is 4.48. The van der Waals surface area contributed by atoms with Gasteiger partial charge in [-0.2, -0.15) is 13.2 Å². The highest BCUT2D eigenvalue weighted by Crippen LogP contribution is 2.38. The maximum absolute atomic E-state index is 12.9. The highest BCUT2D eigenvalue weighted by atomic mass is 32.1. The van der Waals surface area contributed by atoms with E-state index in [-0.39, 0.29) is 5.91 Å². The summed E-state index contributed by atoms with van der Waals surface area (Å²) >= 11 is 1.37. The molecule has 4 rings (SSSR count). The van der Waals surface area contributed by atoms with Gasteiger partial charge in [0.2, 0.25) is 5.91 Å². The maximum Gasteiger partial charge on any atom is 0.416 e. The fraction of sp³-hybridized carbons (Fsp3) is 0.591. The van der Waals surface area contributed by atoms with E-state index < -0.39 is 11.7 Å². The lowest BCUT2D eigenvalue weighted by Gasteiger charge is -2.35. The number of alkyl halides is 3. The molecule has 4 nitrogen and oxygen atoms in total. The van der Waals surface area contributed by atoms with Crippen LogP contribution >= 0.6 is 11.3 Å². The van der Waals surface area contributed by atoms with Crippen molar-refractivity contribution in [3.05, 3.63) is 29.1 Å². The number of fused-ring (bicyclic) bond motifs is 1. The highest BCUT2D eigenvalue weighted by Gasteiger charge is 2.31. The summed E-state index contributed by atoms with van der Waals surface area (Å²) in [7, 11) is 0. The summed E-state index contributed by atoms with van der Waals surface area (Å²) in [5.41, 5.74) is 0.435. The van der Waals surface area contributed by atoms with E-state index in [0.717, 1.165) is 63.1 Å². The van der Waals surface area contributed by atoms with Gasteiger partial charge in [0, 0.05) is 54.1 Å². The lowest BCUT2D eigenvalue weighted by Crippen LogP contribution is -2.46. The second-order valence-corrected chi connectivity index (χ2v) is 9.22. The van der Waals surface area contributed by atoms with Crippen molar-refractivity contribution in [2.45, 2.75) is 50.7 Å². The molecule has 1 aliphatic carbocycles. The van der Waals surface area contributed by atoms with Gasteiger partial charge in [-0.3, -0.25) is 9.69 Å². The number of benzene rings is 1. The number of nitrogens with one attached hydrogen (secondary N) is 1. The Balaban J connectivity index is 1.25. The second-order valence-electron chi connectivity index (χ2n) is 8.31. The number of nitrogens with zero attached hydrogens (tertiary/aromatic N) is 2. The van der Waals surface area contributed by atoms with E-state index in [2.05, 4.69) is 15.1 Å². The fourth-order valence-corrected chi connectivity index (χ4v) is 5.49. The molecule has 1 aromatic heterocycles. The molecule has 0 bridgehead atoms. The first-order valence-corrected chi connectivity index (χ1v) is 11.6. The smallest absolute Gasteiger partial charge is 0.368 e. The quantitative estimate of drug-likeness (QED) is 0.697. The first kappa shape index (κ1) is 21.4. The van der Waals surface area contributed by atoms with Crippen LogP contribution in [0.15, 0.2) is 23.6 Å². The van der Waals surface area contributed by atoms with E-state index in [0.29, 0.717) is 17.2 Å². The lowest BCUT2D eigenvalue weighted by atomic mass is 10.1. The minimum Gasteiger partial charge on any atom is -0.368 e. The number of hydrogen-bond acceptors (Lipinski definition) is 4. The molecule has 2 heterocycles. The van der Waals surface area contributed by atoms with Crippen molar-refractivity contribution in [2.75, 3.05) is 37.6 Å². The average Bonchev–Trinajstić information content (AvgIpc) is 3.37. The van der Waals surface area contributed by atoms with Crippen LogP contribution in [0.5, 0.6) is 0 Å². The SMILES string of the molecule is O=C(CCCN1CCN(c2csc3cc(C(F)(F)F)ccc23)CC1)NC1CCCC1. The molecule has 30 heavy (non-hydrogen) atoms. The third kappa shape index (κ3) is 5.09. The topological polar surface area (TPSA) is 35.6 Å². The summed E-state index contributed by atoms with van der Waals surface area (Å²) < 4.78 is 39.5. The van der Waals surface area contributed by atoms with Gasteiger partial charge >= 0.3 is 6.18 Å². The van der Waals surface area contributed by atoms with Crippen LogP contribution in [0.3, 0.4) is 0 Å². The Morgan fingerprint density at radius 1 is 1.13 bits per heavy atom. The third-order valence-corrected chi connectivity index (χ3v) is 7.13. The van der Waals surface area contributed by atoms with E-state index >= 15 is 0 Å². The van der Waals surface area contributed by atoms with Gasteiger partial charge in [-0.25, -0.2) is 0 Å². The van der Waals surface area contributed by atoms with Crippen molar-refractivity contribution in [2.24, 2.45) is 0 Å². The predicted octanol–water partition coefficient (Wildman–Crippen LogP) is 4.88. The normalized spacial score (nSPS) is 19.0. The van der Waals surface area contributed by atoms with Gasteiger partial charge in [-0.1, -0.05) is 18.9 Å². The number of hydrogen-bond donors (Lipinski definition) is 1. The van der Waals surface area contributed by atoms with Gasteiger partial charge < -0.3 is 10.2 Å². The predicted molar refractivity (Wildman–Crippen MR) is 115 cm³/mol. The Morgan fingerprint density at radius 3 is 2.57 bits per heavy atom. The molecule has 2 aromatic rings. The van der Waals surface area contributed by atoms with E-state index in [9.17, 15) is 18.0 Å². The maximum atomic E-state index is 12.9. The standard InChI is InChI=1S/C22H28F3N3OS/c23-22(24,25)16-7-8-18-19(15-30-20(18)14-16)28-12-10-27(11-13-28)9-3-6-21(29)26-17-4-1-2-5-17/h7-8,14-15,17H,1-6,9-13H2,(H,26,29). The molecule has 1 saturated carbocycles. The molecule has 1 N–H and O–H groups in total. The molecular formula is C22H28F3N3OS. The van der Waals surface area contributed by atoms with Crippen LogP contribution in [0.1, 0.15) is 44.1 Å². The summed E-state index contributed by atoms with van der Waals surface area (Å²) in [6, 6.07) is 4.40. The number of piperazine rings is 1. The molecule has 0 spiro atoms. The van der Waals surface area contributed by atoms with Crippen molar-refractivity contribution in [1.29, 1.82) is 0 Å². The first-order chi connectivity index (χ1) is 14.4. The number of anilines is 1. The zero-order valence-electron chi connectivity index (χ0n) is 17.0.